The molecule has 1 fully saturated rings. The van der Waals surface area contributed by atoms with Crippen molar-refractivity contribution < 1.29 is 9.09 Å². The molecule has 0 saturated heterocycles. The van der Waals surface area contributed by atoms with Crippen LogP contribution in [0.4, 0.5) is 0 Å². The second-order valence-electron chi connectivity index (χ2n) is 5.84. The highest BCUT2D eigenvalue weighted by molar-refractivity contribution is 7.55. The van der Waals surface area contributed by atoms with E-state index in [4.69, 9.17) is 4.52 Å². The fourth-order valence-electron chi connectivity index (χ4n) is 2.99. The number of aromatic nitrogens is 4. The molecule has 0 spiro atoms. The van der Waals surface area contributed by atoms with Crippen molar-refractivity contribution in [2.24, 2.45) is 0 Å². The van der Waals surface area contributed by atoms with Gasteiger partial charge in [-0.1, -0.05) is 18.2 Å². The largest absolute Gasteiger partial charge is 0.428 e. The zero-order valence-electron chi connectivity index (χ0n) is 12.2. The van der Waals surface area contributed by atoms with Crippen LogP contribution in [0.25, 0.3) is 11.2 Å². The molecule has 0 amide bonds. The lowest BCUT2D eigenvalue weighted by Crippen LogP contribution is -2.31. The molecule has 1 unspecified atom stereocenters. The third-order valence-corrected chi connectivity index (χ3v) is 6.71. The highest BCUT2D eigenvalue weighted by Crippen LogP contribution is 2.61. The Kier molecular flexibility index (Phi) is 2.66. The Bertz CT molecular complexity index is 952. The van der Waals surface area contributed by atoms with Gasteiger partial charge in [-0.3, -0.25) is 0 Å². The third kappa shape index (κ3) is 1.93. The Hall–Kier alpha value is -2.24. The predicted molar refractivity (Wildman–Crippen MR) is 84.0 cm³/mol. The molecule has 0 N–H and O–H groups in total. The average molecular weight is 327 g/mol. The van der Waals surface area contributed by atoms with E-state index in [2.05, 4.69) is 15.0 Å². The van der Waals surface area contributed by atoms with Gasteiger partial charge >= 0.3 is 7.67 Å². The molecule has 0 bridgehead atoms. The van der Waals surface area contributed by atoms with Crippen LogP contribution in [0, 0.1) is 0 Å². The number of nitrogens with zero attached hydrogens (tertiary/aromatic N) is 5. The van der Waals surface area contributed by atoms with Gasteiger partial charge in [-0.15, -0.1) is 0 Å². The molecule has 1 aliphatic heterocycles. The van der Waals surface area contributed by atoms with Crippen molar-refractivity contribution in [3.63, 3.8) is 0 Å². The molecule has 0 radical (unpaired) electrons. The zero-order chi connectivity index (χ0) is 15.4. The summed E-state index contributed by atoms with van der Waals surface area (Å²) in [5.41, 5.74) is 2.21. The van der Waals surface area contributed by atoms with Crippen molar-refractivity contribution in [2.45, 2.75) is 25.4 Å². The Labute approximate surface area is 132 Å². The van der Waals surface area contributed by atoms with Crippen LogP contribution in [-0.4, -0.2) is 30.0 Å². The number of fused-ring (bicyclic) bond motifs is 2. The van der Waals surface area contributed by atoms with E-state index in [1.54, 1.807) is 16.9 Å². The second kappa shape index (κ2) is 4.63. The fourth-order valence-corrected chi connectivity index (χ4v) is 5.44. The number of imidazole rings is 1. The van der Waals surface area contributed by atoms with Gasteiger partial charge in [0.05, 0.1) is 6.20 Å². The molecule has 23 heavy (non-hydrogen) atoms. The third-order valence-electron chi connectivity index (χ3n) is 4.30. The number of hydrogen-bond donors (Lipinski definition) is 0. The standard InChI is InChI=1S/C15H14N5O2P/c21-23(20-10-18-15-13(20)7-16-9-17-15)19(12-5-6-12)8-11-3-1-2-4-14(11)22-23/h1-4,7,9-10,12H,5-6,8H2. The van der Waals surface area contributed by atoms with Crippen LogP contribution in [0.3, 0.4) is 0 Å². The van der Waals surface area contributed by atoms with E-state index in [-0.39, 0.29) is 6.04 Å². The van der Waals surface area contributed by atoms with E-state index >= 15 is 0 Å². The van der Waals surface area contributed by atoms with Gasteiger partial charge in [-0.2, -0.15) is 4.67 Å². The van der Waals surface area contributed by atoms with Crippen LogP contribution in [-0.2, 0) is 11.1 Å². The SMILES string of the molecule is O=P1(n2cnc3ncncc32)Oc2ccccc2CN1C1CC1. The molecule has 1 atom stereocenters. The van der Waals surface area contributed by atoms with E-state index < -0.39 is 7.67 Å². The maximum Gasteiger partial charge on any atom is 0.428 e. The van der Waals surface area contributed by atoms with Gasteiger partial charge in [0.15, 0.2) is 5.65 Å². The molecule has 7 nitrogen and oxygen atoms in total. The molecular weight excluding hydrogens is 313 g/mol. The van der Waals surface area contributed by atoms with Crippen LogP contribution in [0.2, 0.25) is 0 Å². The maximum atomic E-state index is 13.9. The molecule has 3 heterocycles. The lowest BCUT2D eigenvalue weighted by Gasteiger charge is -2.36. The Morgan fingerprint density at radius 3 is 2.96 bits per heavy atom. The molecular formula is C15H14N5O2P. The summed E-state index contributed by atoms with van der Waals surface area (Å²) in [6.07, 6.45) is 6.69. The predicted octanol–water partition coefficient (Wildman–Crippen LogP) is 2.84. The summed E-state index contributed by atoms with van der Waals surface area (Å²) in [4.78, 5) is 12.4. The molecule has 1 saturated carbocycles. The highest BCUT2D eigenvalue weighted by Gasteiger charge is 2.48. The summed E-state index contributed by atoms with van der Waals surface area (Å²) in [6, 6.07) is 8.04. The first kappa shape index (κ1) is 13.2. The van der Waals surface area contributed by atoms with E-state index in [0.29, 0.717) is 23.5 Å². The number of rotatable bonds is 2. The minimum atomic E-state index is -3.29. The van der Waals surface area contributed by atoms with Crippen LogP contribution >= 0.6 is 7.67 Å². The second-order valence-corrected chi connectivity index (χ2v) is 7.95. The van der Waals surface area contributed by atoms with E-state index in [9.17, 15) is 4.57 Å². The van der Waals surface area contributed by atoms with Gasteiger partial charge in [-0.05, 0) is 18.9 Å². The molecule has 2 aliphatic rings. The van der Waals surface area contributed by atoms with Gasteiger partial charge in [0.2, 0.25) is 0 Å². The van der Waals surface area contributed by atoms with Gasteiger partial charge in [-0.25, -0.2) is 23.9 Å². The minimum Gasteiger partial charge on any atom is -0.417 e. The topological polar surface area (TPSA) is 73.1 Å². The monoisotopic (exact) mass is 327 g/mol. The molecule has 8 heteroatoms. The normalized spacial score (nSPS) is 24.3. The first-order chi connectivity index (χ1) is 11.3. The number of benzene rings is 1. The van der Waals surface area contributed by atoms with Crippen LogP contribution in [0.5, 0.6) is 5.75 Å². The summed E-state index contributed by atoms with van der Waals surface area (Å²) >= 11 is 0. The number of para-hydroxylation sites is 1. The summed E-state index contributed by atoms with van der Waals surface area (Å²) in [5, 5.41) is 0. The summed E-state index contributed by atoms with van der Waals surface area (Å²) < 4.78 is 23.5. The van der Waals surface area contributed by atoms with Crippen molar-refractivity contribution in [3.05, 3.63) is 48.7 Å². The fraction of sp³-hybridized carbons (Fsp3) is 0.267. The van der Waals surface area contributed by atoms with E-state index in [0.717, 1.165) is 18.4 Å². The maximum absolute atomic E-state index is 13.9. The lowest BCUT2D eigenvalue weighted by atomic mass is 10.2. The van der Waals surface area contributed by atoms with Crippen LogP contribution < -0.4 is 4.52 Å². The lowest BCUT2D eigenvalue weighted by molar-refractivity contribution is 0.307. The van der Waals surface area contributed by atoms with Gasteiger partial charge in [0.25, 0.3) is 0 Å². The highest BCUT2D eigenvalue weighted by atomic mass is 31.2. The smallest absolute Gasteiger partial charge is 0.417 e. The molecule has 2 aromatic heterocycles. The summed E-state index contributed by atoms with van der Waals surface area (Å²) in [6.45, 7) is 0.617. The minimum absolute atomic E-state index is 0.288. The molecule has 5 rings (SSSR count). The first-order valence-electron chi connectivity index (χ1n) is 7.54. The van der Waals surface area contributed by atoms with Crippen LogP contribution in [0.1, 0.15) is 18.4 Å². The summed E-state index contributed by atoms with van der Waals surface area (Å²) in [5.74, 6) is 0.673. The quantitative estimate of drug-likeness (QED) is 0.674. The molecule has 116 valence electrons. The van der Waals surface area contributed by atoms with Crippen molar-refractivity contribution >= 4 is 18.8 Å². The molecule has 1 aliphatic carbocycles. The van der Waals surface area contributed by atoms with Crippen molar-refractivity contribution in [1.82, 2.24) is 24.0 Å². The van der Waals surface area contributed by atoms with E-state index in [1.165, 1.54) is 6.33 Å². The first-order valence-corrected chi connectivity index (χ1v) is 9.07. The molecule has 1 aromatic carbocycles. The number of hydrogen-bond acceptors (Lipinski definition) is 5. The average Bonchev–Trinajstić information content (AvgIpc) is 3.32. The van der Waals surface area contributed by atoms with Gasteiger partial charge in [0, 0.05) is 18.2 Å². The zero-order valence-corrected chi connectivity index (χ0v) is 13.1. The van der Waals surface area contributed by atoms with Gasteiger partial charge < -0.3 is 4.52 Å². The molecule has 3 aromatic rings. The van der Waals surface area contributed by atoms with Gasteiger partial charge in [0.1, 0.15) is 23.9 Å². The van der Waals surface area contributed by atoms with Crippen molar-refractivity contribution in [2.75, 3.05) is 0 Å². The van der Waals surface area contributed by atoms with Crippen molar-refractivity contribution in [1.29, 1.82) is 0 Å². The Morgan fingerprint density at radius 1 is 1.22 bits per heavy atom. The van der Waals surface area contributed by atoms with Crippen molar-refractivity contribution in [3.8, 4) is 5.75 Å². The summed E-state index contributed by atoms with van der Waals surface area (Å²) in [7, 11) is -3.29. The Morgan fingerprint density at radius 2 is 2.09 bits per heavy atom. The Balaban J connectivity index is 1.71. The van der Waals surface area contributed by atoms with E-state index in [1.807, 2.05) is 28.9 Å². The van der Waals surface area contributed by atoms with Crippen LogP contribution in [0.15, 0.2) is 43.1 Å².